The van der Waals surface area contributed by atoms with Gasteiger partial charge in [-0.3, -0.25) is 4.90 Å². The predicted molar refractivity (Wildman–Crippen MR) is 126 cm³/mol. The summed E-state index contributed by atoms with van der Waals surface area (Å²) in [5.41, 5.74) is 14.2. The largest absolute Gasteiger partial charge is 0.324 e. The molecule has 1 heterocycles. The van der Waals surface area contributed by atoms with Crippen LogP contribution in [0.2, 0.25) is 0 Å². The van der Waals surface area contributed by atoms with Crippen LogP contribution in [0.3, 0.4) is 0 Å². The number of allylic oxidation sites excluding steroid dienone is 2. The average Bonchev–Trinajstić information content (AvgIpc) is 3.04. The van der Waals surface area contributed by atoms with Crippen LogP contribution in [-0.4, -0.2) is 24.0 Å². The Morgan fingerprint density at radius 1 is 1.24 bits per heavy atom. The van der Waals surface area contributed by atoms with E-state index in [0.29, 0.717) is 17.3 Å². The fourth-order valence-electron chi connectivity index (χ4n) is 5.25. The standard InChI is InChI=1S/C27H42N2/c1-7-22-8-10-24(11-9-22)26(28)16-27(6)12-13-29(18-27)17-23-14-20(4)21(5)25(15-23)19(2)3/h8,10-11,14-15,19,22,26H,7,9,12-13,16-18,28H2,1-6H3. The van der Waals surface area contributed by atoms with Crippen molar-refractivity contribution in [2.45, 2.75) is 85.7 Å². The van der Waals surface area contributed by atoms with Gasteiger partial charge >= 0.3 is 0 Å². The van der Waals surface area contributed by atoms with Crippen molar-refractivity contribution in [2.75, 3.05) is 13.1 Å². The molecular formula is C27H42N2. The maximum Gasteiger partial charge on any atom is 0.0297 e. The molecule has 2 heteroatoms. The van der Waals surface area contributed by atoms with Crippen LogP contribution in [0.1, 0.15) is 81.5 Å². The summed E-state index contributed by atoms with van der Waals surface area (Å²) < 4.78 is 0. The van der Waals surface area contributed by atoms with E-state index in [1.165, 1.54) is 47.2 Å². The van der Waals surface area contributed by atoms with Crippen LogP contribution in [-0.2, 0) is 6.54 Å². The molecular weight excluding hydrogens is 352 g/mol. The van der Waals surface area contributed by atoms with E-state index in [1.807, 2.05) is 0 Å². The Morgan fingerprint density at radius 3 is 2.62 bits per heavy atom. The first kappa shape index (κ1) is 22.3. The van der Waals surface area contributed by atoms with Gasteiger partial charge in [0, 0.05) is 19.1 Å². The fraction of sp³-hybridized carbons (Fsp3) is 0.630. The van der Waals surface area contributed by atoms with Gasteiger partial charge in [0.25, 0.3) is 0 Å². The van der Waals surface area contributed by atoms with E-state index in [0.717, 1.165) is 25.9 Å². The highest BCUT2D eigenvalue weighted by Gasteiger charge is 2.35. The number of rotatable bonds is 7. The van der Waals surface area contributed by atoms with Gasteiger partial charge in [0.1, 0.15) is 0 Å². The van der Waals surface area contributed by atoms with Crippen molar-refractivity contribution in [3.05, 3.63) is 58.2 Å². The second-order valence-electron chi connectivity index (χ2n) is 10.3. The Hall–Kier alpha value is -1.38. The summed E-state index contributed by atoms with van der Waals surface area (Å²) in [5.74, 6) is 1.29. The van der Waals surface area contributed by atoms with E-state index in [-0.39, 0.29) is 6.04 Å². The van der Waals surface area contributed by atoms with Gasteiger partial charge in [-0.2, -0.15) is 0 Å². The molecule has 0 saturated carbocycles. The lowest BCUT2D eigenvalue weighted by molar-refractivity contribution is 0.249. The molecule has 1 saturated heterocycles. The lowest BCUT2D eigenvalue weighted by Gasteiger charge is -2.30. The number of hydrogen-bond donors (Lipinski definition) is 1. The lowest BCUT2D eigenvalue weighted by atomic mass is 9.79. The van der Waals surface area contributed by atoms with E-state index < -0.39 is 0 Å². The van der Waals surface area contributed by atoms with Crippen molar-refractivity contribution in [1.82, 2.24) is 4.90 Å². The Kier molecular flexibility index (Phi) is 7.06. The third-order valence-electron chi connectivity index (χ3n) is 7.31. The van der Waals surface area contributed by atoms with Gasteiger partial charge in [-0.15, -0.1) is 0 Å². The molecule has 2 N–H and O–H groups in total. The highest BCUT2D eigenvalue weighted by Crippen LogP contribution is 2.37. The molecule has 1 aliphatic carbocycles. The number of nitrogens with two attached hydrogens (primary N) is 1. The molecule has 0 spiro atoms. The second kappa shape index (κ2) is 9.18. The highest BCUT2D eigenvalue weighted by molar-refractivity contribution is 5.39. The van der Waals surface area contributed by atoms with Crippen LogP contribution in [0.4, 0.5) is 0 Å². The Morgan fingerprint density at radius 2 is 2.00 bits per heavy atom. The first-order valence-electron chi connectivity index (χ1n) is 11.7. The predicted octanol–water partition coefficient (Wildman–Crippen LogP) is 6.27. The molecule has 0 radical (unpaired) electrons. The van der Waals surface area contributed by atoms with Crippen LogP contribution >= 0.6 is 0 Å². The monoisotopic (exact) mass is 394 g/mol. The normalized spacial score (nSPS) is 26.2. The lowest BCUT2D eigenvalue weighted by Crippen LogP contribution is -2.33. The van der Waals surface area contributed by atoms with Crippen LogP contribution in [0.25, 0.3) is 0 Å². The topological polar surface area (TPSA) is 29.3 Å². The highest BCUT2D eigenvalue weighted by atomic mass is 15.2. The van der Waals surface area contributed by atoms with Gasteiger partial charge in [0.05, 0.1) is 0 Å². The maximum absolute atomic E-state index is 6.65. The molecule has 160 valence electrons. The molecule has 29 heavy (non-hydrogen) atoms. The molecule has 3 rings (SSSR count). The van der Waals surface area contributed by atoms with E-state index in [9.17, 15) is 0 Å². The molecule has 1 fully saturated rings. The summed E-state index contributed by atoms with van der Waals surface area (Å²) in [6.07, 6.45) is 11.8. The first-order valence-corrected chi connectivity index (χ1v) is 11.7. The van der Waals surface area contributed by atoms with E-state index in [4.69, 9.17) is 5.73 Å². The van der Waals surface area contributed by atoms with Crippen LogP contribution in [0.15, 0.2) is 35.9 Å². The Balaban J connectivity index is 1.61. The van der Waals surface area contributed by atoms with Crippen LogP contribution in [0.5, 0.6) is 0 Å². The smallest absolute Gasteiger partial charge is 0.0297 e. The molecule has 1 aromatic carbocycles. The van der Waals surface area contributed by atoms with Gasteiger partial charge in [0.2, 0.25) is 0 Å². The number of aryl methyl sites for hydroxylation is 1. The number of nitrogens with zero attached hydrogens (tertiary/aromatic N) is 1. The molecule has 2 aliphatic rings. The third kappa shape index (κ3) is 5.41. The molecule has 0 amide bonds. The first-order chi connectivity index (χ1) is 13.7. The fourth-order valence-corrected chi connectivity index (χ4v) is 5.25. The minimum Gasteiger partial charge on any atom is -0.324 e. The summed E-state index contributed by atoms with van der Waals surface area (Å²) in [6.45, 7) is 17.2. The quantitative estimate of drug-likeness (QED) is 0.590. The van der Waals surface area contributed by atoms with Crippen molar-refractivity contribution in [2.24, 2.45) is 17.1 Å². The molecule has 0 bridgehead atoms. The zero-order valence-corrected chi connectivity index (χ0v) is 19.6. The molecule has 1 aromatic rings. The van der Waals surface area contributed by atoms with E-state index in [2.05, 4.69) is 76.8 Å². The molecule has 0 aromatic heterocycles. The minimum atomic E-state index is 0.170. The summed E-state index contributed by atoms with van der Waals surface area (Å²) in [6, 6.07) is 5.00. The minimum absolute atomic E-state index is 0.170. The number of likely N-dealkylation sites (tertiary alicyclic amines) is 1. The van der Waals surface area contributed by atoms with Gasteiger partial charge in [-0.25, -0.2) is 0 Å². The van der Waals surface area contributed by atoms with Crippen molar-refractivity contribution >= 4 is 0 Å². The van der Waals surface area contributed by atoms with Crippen LogP contribution < -0.4 is 5.73 Å². The summed E-state index contributed by atoms with van der Waals surface area (Å²) in [4.78, 5) is 2.64. The number of hydrogen-bond acceptors (Lipinski definition) is 2. The van der Waals surface area contributed by atoms with Gasteiger partial charge in [0.15, 0.2) is 0 Å². The van der Waals surface area contributed by atoms with Gasteiger partial charge in [-0.05, 0) is 91.2 Å². The molecule has 3 atom stereocenters. The summed E-state index contributed by atoms with van der Waals surface area (Å²) >= 11 is 0. The summed E-state index contributed by atoms with van der Waals surface area (Å²) in [5, 5.41) is 0. The SMILES string of the molecule is CCC1C=CC(C(N)CC2(C)CCN(Cc3cc(C)c(C)c(C(C)C)c3)C2)=CC1. The van der Waals surface area contributed by atoms with Crippen molar-refractivity contribution in [3.8, 4) is 0 Å². The van der Waals surface area contributed by atoms with E-state index in [1.54, 1.807) is 0 Å². The maximum atomic E-state index is 6.65. The van der Waals surface area contributed by atoms with E-state index >= 15 is 0 Å². The number of benzene rings is 1. The average molecular weight is 395 g/mol. The van der Waals surface area contributed by atoms with Gasteiger partial charge < -0.3 is 5.73 Å². The molecule has 3 unspecified atom stereocenters. The Bertz CT molecular complexity index is 773. The summed E-state index contributed by atoms with van der Waals surface area (Å²) in [7, 11) is 0. The zero-order valence-electron chi connectivity index (χ0n) is 19.6. The zero-order chi connectivity index (χ0) is 21.2. The van der Waals surface area contributed by atoms with Crippen molar-refractivity contribution in [1.29, 1.82) is 0 Å². The second-order valence-corrected chi connectivity index (χ2v) is 10.3. The van der Waals surface area contributed by atoms with Gasteiger partial charge in [-0.1, -0.05) is 58.1 Å². The van der Waals surface area contributed by atoms with Crippen molar-refractivity contribution in [3.63, 3.8) is 0 Å². The Labute approximate surface area is 179 Å². The molecule has 2 nitrogen and oxygen atoms in total. The van der Waals surface area contributed by atoms with Crippen molar-refractivity contribution < 1.29 is 0 Å². The van der Waals surface area contributed by atoms with Crippen LogP contribution in [0, 0.1) is 25.2 Å². The third-order valence-corrected chi connectivity index (χ3v) is 7.31. The molecule has 1 aliphatic heterocycles.